The Bertz CT molecular complexity index is 624. The Hall–Kier alpha value is -2.50. The van der Waals surface area contributed by atoms with Gasteiger partial charge in [-0.15, -0.1) is 0 Å². The number of aromatic carboxylic acids is 1. The van der Waals surface area contributed by atoms with Crippen molar-refractivity contribution in [1.82, 2.24) is 4.98 Å². The zero-order valence-electron chi connectivity index (χ0n) is 10.6. The highest BCUT2D eigenvalue weighted by atomic mass is 16.4. The van der Waals surface area contributed by atoms with Gasteiger partial charge in [-0.2, -0.15) is 0 Å². The fourth-order valence-electron chi connectivity index (χ4n) is 1.73. The second-order valence-corrected chi connectivity index (χ2v) is 4.12. The summed E-state index contributed by atoms with van der Waals surface area (Å²) in [5.74, 6) is -0.737. The number of H-pyrrole nitrogens is 1. The van der Waals surface area contributed by atoms with E-state index in [1.807, 2.05) is 6.92 Å². The van der Waals surface area contributed by atoms with Gasteiger partial charge < -0.3 is 19.8 Å². The van der Waals surface area contributed by atoms with Crippen LogP contribution in [-0.2, 0) is 6.42 Å². The van der Waals surface area contributed by atoms with E-state index in [1.165, 1.54) is 0 Å². The van der Waals surface area contributed by atoms with Crippen LogP contribution in [0, 0.1) is 6.92 Å². The van der Waals surface area contributed by atoms with E-state index in [4.69, 9.17) is 9.52 Å². The van der Waals surface area contributed by atoms with Crippen molar-refractivity contribution in [2.75, 3.05) is 5.32 Å². The van der Waals surface area contributed by atoms with E-state index < -0.39 is 11.9 Å². The molecule has 0 unspecified atom stereocenters. The minimum Gasteiger partial charge on any atom is -0.477 e. The second-order valence-electron chi connectivity index (χ2n) is 4.12. The van der Waals surface area contributed by atoms with Crippen molar-refractivity contribution in [3.63, 3.8) is 0 Å². The Labute approximate surface area is 109 Å². The summed E-state index contributed by atoms with van der Waals surface area (Å²) in [6.07, 6.45) is 0.691. The minimum absolute atomic E-state index is 0.0480. The minimum atomic E-state index is -1.13. The summed E-state index contributed by atoms with van der Waals surface area (Å²) in [5.41, 5.74) is 0.832. The number of amides is 1. The number of carboxylic acids is 1. The van der Waals surface area contributed by atoms with E-state index in [-0.39, 0.29) is 17.1 Å². The van der Waals surface area contributed by atoms with Gasteiger partial charge in [-0.1, -0.05) is 6.92 Å². The Morgan fingerprint density at radius 1 is 1.42 bits per heavy atom. The molecule has 2 aromatic heterocycles. The highest BCUT2D eigenvalue weighted by molar-refractivity contribution is 6.06. The molecule has 1 amide bonds. The molecule has 0 aromatic carbocycles. The summed E-state index contributed by atoms with van der Waals surface area (Å²) >= 11 is 0. The Balaban J connectivity index is 2.21. The smallest absolute Gasteiger partial charge is 0.354 e. The van der Waals surface area contributed by atoms with E-state index in [0.717, 1.165) is 0 Å². The summed E-state index contributed by atoms with van der Waals surface area (Å²) in [7, 11) is 0. The fourth-order valence-corrected chi connectivity index (χ4v) is 1.73. The van der Waals surface area contributed by atoms with Crippen LogP contribution in [-0.4, -0.2) is 22.0 Å². The number of carbonyl (C=O) groups excluding carboxylic acids is 1. The van der Waals surface area contributed by atoms with Gasteiger partial charge in [0, 0.05) is 12.1 Å². The maximum atomic E-state index is 11.9. The Kier molecular flexibility index (Phi) is 3.41. The van der Waals surface area contributed by atoms with E-state index in [9.17, 15) is 9.59 Å². The topological polar surface area (TPSA) is 95.3 Å². The molecule has 0 saturated carbocycles. The SMILES string of the molecule is CCc1ccc(C(=O)Nc2cc(C)[nH]c2C(=O)O)o1. The zero-order chi connectivity index (χ0) is 14.0. The van der Waals surface area contributed by atoms with Crippen LogP contribution in [0.15, 0.2) is 22.6 Å². The number of carboxylic acid groups (broad SMARTS) is 1. The lowest BCUT2D eigenvalue weighted by Crippen LogP contribution is -2.13. The summed E-state index contributed by atoms with van der Waals surface area (Å²) in [4.78, 5) is 25.6. The summed E-state index contributed by atoms with van der Waals surface area (Å²) in [5, 5.41) is 11.5. The van der Waals surface area contributed by atoms with Crippen LogP contribution in [0.5, 0.6) is 0 Å². The van der Waals surface area contributed by atoms with Gasteiger partial charge in [-0.05, 0) is 25.1 Å². The lowest BCUT2D eigenvalue weighted by atomic mass is 10.3. The number of hydrogen-bond donors (Lipinski definition) is 3. The average Bonchev–Trinajstić information content (AvgIpc) is 2.95. The first-order chi connectivity index (χ1) is 9.01. The van der Waals surface area contributed by atoms with E-state index in [2.05, 4.69) is 10.3 Å². The fraction of sp³-hybridized carbons (Fsp3) is 0.231. The standard InChI is InChI=1S/C13H14N2O4/c1-3-8-4-5-10(19-8)12(16)15-9-6-7(2)14-11(9)13(17)18/h4-6,14H,3H2,1-2H3,(H,15,16)(H,17,18). The van der Waals surface area contributed by atoms with Crippen LogP contribution < -0.4 is 5.32 Å². The molecule has 2 aromatic rings. The van der Waals surface area contributed by atoms with Gasteiger partial charge in [0.2, 0.25) is 0 Å². The molecule has 0 radical (unpaired) electrons. The zero-order valence-corrected chi connectivity index (χ0v) is 10.6. The van der Waals surface area contributed by atoms with E-state index in [0.29, 0.717) is 17.9 Å². The number of aromatic amines is 1. The highest BCUT2D eigenvalue weighted by Gasteiger charge is 2.17. The highest BCUT2D eigenvalue weighted by Crippen LogP contribution is 2.18. The van der Waals surface area contributed by atoms with E-state index in [1.54, 1.807) is 25.1 Å². The number of nitrogens with one attached hydrogen (secondary N) is 2. The molecule has 3 N–H and O–H groups in total. The number of aromatic nitrogens is 1. The van der Waals surface area contributed by atoms with Crippen molar-refractivity contribution >= 4 is 17.6 Å². The molecule has 100 valence electrons. The molecule has 19 heavy (non-hydrogen) atoms. The number of carbonyl (C=O) groups is 2. The molecule has 0 aliphatic rings. The van der Waals surface area contributed by atoms with Gasteiger partial charge in [-0.3, -0.25) is 4.79 Å². The van der Waals surface area contributed by atoms with Crippen molar-refractivity contribution in [2.24, 2.45) is 0 Å². The molecule has 0 spiro atoms. The number of anilines is 1. The largest absolute Gasteiger partial charge is 0.477 e. The summed E-state index contributed by atoms with van der Waals surface area (Å²) < 4.78 is 5.30. The predicted molar refractivity (Wildman–Crippen MR) is 68.5 cm³/mol. The maximum Gasteiger partial charge on any atom is 0.354 e. The third kappa shape index (κ3) is 2.67. The van der Waals surface area contributed by atoms with Crippen molar-refractivity contribution in [3.8, 4) is 0 Å². The van der Waals surface area contributed by atoms with Gasteiger partial charge in [0.1, 0.15) is 11.5 Å². The van der Waals surface area contributed by atoms with Crippen LogP contribution in [0.3, 0.4) is 0 Å². The van der Waals surface area contributed by atoms with Crippen LogP contribution in [0.2, 0.25) is 0 Å². The van der Waals surface area contributed by atoms with Crippen molar-refractivity contribution < 1.29 is 19.1 Å². The molecule has 6 nitrogen and oxygen atoms in total. The molecule has 0 aliphatic heterocycles. The first-order valence-electron chi connectivity index (χ1n) is 5.84. The van der Waals surface area contributed by atoms with Crippen LogP contribution in [0.25, 0.3) is 0 Å². The molecule has 6 heteroatoms. The number of hydrogen-bond acceptors (Lipinski definition) is 3. The van der Waals surface area contributed by atoms with Crippen LogP contribution in [0.1, 0.15) is 39.4 Å². The quantitative estimate of drug-likeness (QED) is 0.788. The first kappa shape index (κ1) is 12.9. The van der Waals surface area contributed by atoms with Crippen molar-refractivity contribution in [2.45, 2.75) is 20.3 Å². The van der Waals surface area contributed by atoms with Crippen LogP contribution in [0.4, 0.5) is 5.69 Å². The molecule has 0 aliphatic carbocycles. The summed E-state index contributed by atoms with van der Waals surface area (Å²) in [6, 6.07) is 4.84. The number of furan rings is 1. The second kappa shape index (κ2) is 5.01. The van der Waals surface area contributed by atoms with Gasteiger partial charge in [-0.25, -0.2) is 4.79 Å². The number of rotatable bonds is 4. The van der Waals surface area contributed by atoms with Gasteiger partial charge in [0.25, 0.3) is 5.91 Å². The number of aryl methyl sites for hydroxylation is 2. The molecule has 0 saturated heterocycles. The summed E-state index contributed by atoms with van der Waals surface area (Å²) in [6.45, 7) is 3.63. The van der Waals surface area contributed by atoms with Crippen molar-refractivity contribution in [1.29, 1.82) is 0 Å². The first-order valence-corrected chi connectivity index (χ1v) is 5.84. The molecular formula is C13H14N2O4. The lowest BCUT2D eigenvalue weighted by Gasteiger charge is -2.01. The third-order valence-corrected chi connectivity index (χ3v) is 2.65. The van der Waals surface area contributed by atoms with Crippen molar-refractivity contribution in [3.05, 3.63) is 41.1 Å². The molecule has 2 heterocycles. The monoisotopic (exact) mass is 262 g/mol. The Morgan fingerprint density at radius 2 is 2.16 bits per heavy atom. The Morgan fingerprint density at radius 3 is 2.74 bits per heavy atom. The normalized spacial score (nSPS) is 10.4. The molecular weight excluding hydrogens is 248 g/mol. The molecule has 0 atom stereocenters. The van der Waals surface area contributed by atoms with E-state index >= 15 is 0 Å². The van der Waals surface area contributed by atoms with Gasteiger partial charge in [0.05, 0.1) is 5.69 Å². The average molecular weight is 262 g/mol. The van der Waals surface area contributed by atoms with Gasteiger partial charge in [0.15, 0.2) is 5.76 Å². The molecule has 0 bridgehead atoms. The third-order valence-electron chi connectivity index (χ3n) is 2.65. The molecule has 2 rings (SSSR count). The van der Waals surface area contributed by atoms with Gasteiger partial charge >= 0.3 is 5.97 Å². The van der Waals surface area contributed by atoms with Crippen LogP contribution >= 0.6 is 0 Å². The maximum absolute atomic E-state index is 11.9. The molecule has 0 fully saturated rings. The lowest BCUT2D eigenvalue weighted by molar-refractivity contribution is 0.0692. The predicted octanol–water partition coefficient (Wildman–Crippen LogP) is 2.43.